The second-order valence-electron chi connectivity index (χ2n) is 3.53. The van der Waals surface area contributed by atoms with Gasteiger partial charge in [0.05, 0.1) is 9.82 Å². The summed E-state index contributed by atoms with van der Waals surface area (Å²) in [5.74, 6) is 5.24. The Labute approximate surface area is 110 Å². The van der Waals surface area contributed by atoms with Crippen molar-refractivity contribution in [1.82, 2.24) is 14.8 Å². The van der Waals surface area contributed by atoms with Crippen molar-refractivity contribution in [2.75, 3.05) is 5.43 Å². The first-order valence-electron chi connectivity index (χ1n) is 5.08. The maximum atomic E-state index is 11.2. The van der Waals surface area contributed by atoms with Crippen LogP contribution >= 0.6 is 11.8 Å². The zero-order valence-corrected chi connectivity index (χ0v) is 10.6. The van der Waals surface area contributed by atoms with Gasteiger partial charge in [0.15, 0.2) is 5.16 Å². The fourth-order valence-corrected chi connectivity index (χ4v) is 2.37. The molecule has 100 valence electrons. The molecule has 0 fully saturated rings. The molecule has 0 aliphatic heterocycles. The monoisotopic (exact) mass is 282 g/mol. The molecule has 1 aromatic heterocycles. The highest BCUT2D eigenvalue weighted by molar-refractivity contribution is 7.99. The highest BCUT2D eigenvalue weighted by Gasteiger charge is 2.21. The van der Waals surface area contributed by atoms with Crippen LogP contribution in [-0.4, -0.2) is 19.7 Å². The highest BCUT2D eigenvalue weighted by Crippen LogP contribution is 2.37. The Morgan fingerprint density at radius 2 is 2.32 bits per heavy atom. The predicted octanol–water partition coefficient (Wildman–Crippen LogP) is 0.453. The average molecular weight is 282 g/mol. The van der Waals surface area contributed by atoms with Crippen molar-refractivity contribution < 1.29 is 4.92 Å². The number of anilines is 1. The third-order valence-corrected chi connectivity index (χ3v) is 3.47. The number of nitrogens with zero attached hydrogens (tertiary/aromatic N) is 3. The molecule has 10 heteroatoms. The molecule has 1 heterocycles. The van der Waals surface area contributed by atoms with Crippen molar-refractivity contribution in [1.29, 1.82) is 0 Å². The topological polar surface area (TPSA) is 132 Å². The van der Waals surface area contributed by atoms with Crippen molar-refractivity contribution in [3.63, 3.8) is 0 Å². The zero-order chi connectivity index (χ0) is 14.0. The summed E-state index contributed by atoms with van der Waals surface area (Å²) in [6.45, 7) is 0. The molecule has 0 saturated heterocycles. The van der Waals surface area contributed by atoms with Gasteiger partial charge in [-0.25, -0.2) is 9.89 Å². The minimum atomic E-state index is -0.539. The van der Waals surface area contributed by atoms with Crippen LogP contribution in [0.2, 0.25) is 0 Å². The van der Waals surface area contributed by atoms with E-state index in [1.165, 1.54) is 17.7 Å². The van der Waals surface area contributed by atoms with E-state index in [0.29, 0.717) is 10.1 Å². The molecule has 4 N–H and O–H groups in total. The number of nitrogens with two attached hydrogens (primary N) is 1. The smallest absolute Gasteiger partial charge is 0.318 e. The maximum absolute atomic E-state index is 11.2. The van der Waals surface area contributed by atoms with Gasteiger partial charge in [-0.15, -0.1) is 5.10 Å². The molecule has 0 spiro atoms. The van der Waals surface area contributed by atoms with Gasteiger partial charge in [-0.3, -0.25) is 20.5 Å². The average Bonchev–Trinajstić information content (AvgIpc) is 2.70. The molecule has 0 atom stereocenters. The lowest BCUT2D eigenvalue weighted by Gasteiger charge is -2.06. The number of nitrogens with one attached hydrogen (secondary N) is 2. The van der Waals surface area contributed by atoms with Crippen LogP contribution in [0.4, 0.5) is 11.4 Å². The van der Waals surface area contributed by atoms with Crippen LogP contribution in [0.5, 0.6) is 0 Å². The van der Waals surface area contributed by atoms with Crippen molar-refractivity contribution in [3.05, 3.63) is 38.8 Å². The Morgan fingerprint density at radius 3 is 2.84 bits per heavy atom. The van der Waals surface area contributed by atoms with Crippen molar-refractivity contribution in [2.45, 2.75) is 10.1 Å². The number of aromatic amines is 1. The van der Waals surface area contributed by atoms with Gasteiger partial charge in [0.1, 0.15) is 5.69 Å². The summed E-state index contributed by atoms with van der Waals surface area (Å²) >= 11 is 1.00. The Balaban J connectivity index is 2.48. The lowest BCUT2D eigenvalue weighted by molar-refractivity contribution is -0.386. The van der Waals surface area contributed by atoms with E-state index in [1.807, 2.05) is 0 Å². The molecule has 0 radical (unpaired) electrons. The molecule has 0 amide bonds. The summed E-state index contributed by atoms with van der Waals surface area (Å²) in [5.41, 5.74) is 1.91. The summed E-state index contributed by atoms with van der Waals surface area (Å²) in [7, 11) is 1.52. The summed E-state index contributed by atoms with van der Waals surface area (Å²) in [4.78, 5) is 22.1. The second kappa shape index (κ2) is 5.12. The third kappa shape index (κ3) is 2.44. The van der Waals surface area contributed by atoms with Crippen molar-refractivity contribution >= 4 is 23.1 Å². The van der Waals surface area contributed by atoms with E-state index in [1.54, 1.807) is 12.1 Å². The van der Waals surface area contributed by atoms with Gasteiger partial charge in [0.2, 0.25) is 0 Å². The number of hydrogen-bond acceptors (Lipinski definition) is 7. The predicted molar refractivity (Wildman–Crippen MR) is 68.9 cm³/mol. The second-order valence-corrected chi connectivity index (χ2v) is 4.54. The maximum Gasteiger partial charge on any atom is 0.343 e. The first-order chi connectivity index (χ1) is 9.04. The van der Waals surface area contributed by atoms with Gasteiger partial charge >= 0.3 is 11.4 Å². The molecule has 0 saturated carbocycles. The fraction of sp³-hybridized carbons (Fsp3) is 0.111. The minimum Gasteiger partial charge on any atom is -0.318 e. The zero-order valence-electron chi connectivity index (χ0n) is 9.78. The van der Waals surface area contributed by atoms with E-state index in [0.717, 1.165) is 11.8 Å². The van der Waals surface area contributed by atoms with E-state index < -0.39 is 10.6 Å². The molecule has 2 rings (SSSR count). The van der Waals surface area contributed by atoms with Crippen LogP contribution in [0.15, 0.2) is 33.0 Å². The SMILES string of the molecule is Cn1c(Sc2cccc(NN)c2[N+](=O)[O-])n[nH]c1=O. The molecule has 0 bridgehead atoms. The summed E-state index contributed by atoms with van der Waals surface area (Å²) in [6, 6.07) is 4.67. The first kappa shape index (κ1) is 13.1. The van der Waals surface area contributed by atoms with Gasteiger partial charge in [-0.05, 0) is 23.9 Å². The molecule has 19 heavy (non-hydrogen) atoms. The Kier molecular flexibility index (Phi) is 3.53. The largest absolute Gasteiger partial charge is 0.343 e. The molecular weight excluding hydrogens is 272 g/mol. The molecule has 0 unspecified atom stereocenters. The number of rotatable bonds is 4. The number of hydrogen-bond donors (Lipinski definition) is 3. The molecule has 0 aliphatic carbocycles. The molecule has 1 aromatic carbocycles. The van der Waals surface area contributed by atoms with Crippen LogP contribution in [0, 0.1) is 10.1 Å². The number of hydrazine groups is 1. The van der Waals surface area contributed by atoms with E-state index in [4.69, 9.17) is 5.84 Å². The number of para-hydroxylation sites is 1. The molecule has 2 aromatic rings. The number of nitro groups is 1. The van der Waals surface area contributed by atoms with Crippen molar-refractivity contribution in [2.24, 2.45) is 12.9 Å². The van der Waals surface area contributed by atoms with Gasteiger partial charge in [-0.1, -0.05) is 6.07 Å². The number of benzene rings is 1. The van der Waals surface area contributed by atoms with Gasteiger partial charge in [0.25, 0.3) is 0 Å². The normalized spacial score (nSPS) is 10.4. The molecular formula is C9H10N6O3S. The summed E-state index contributed by atoms with van der Waals surface area (Å²) < 4.78 is 1.26. The van der Waals surface area contributed by atoms with E-state index in [9.17, 15) is 14.9 Å². The van der Waals surface area contributed by atoms with E-state index in [2.05, 4.69) is 15.6 Å². The number of aromatic nitrogens is 3. The highest BCUT2D eigenvalue weighted by atomic mass is 32.2. The molecule has 9 nitrogen and oxygen atoms in total. The summed E-state index contributed by atoms with van der Waals surface area (Å²) in [6.07, 6.45) is 0. The van der Waals surface area contributed by atoms with Crippen LogP contribution < -0.4 is 17.0 Å². The minimum absolute atomic E-state index is 0.162. The van der Waals surface area contributed by atoms with Gasteiger partial charge in [0, 0.05) is 7.05 Å². The third-order valence-electron chi connectivity index (χ3n) is 2.38. The van der Waals surface area contributed by atoms with Crippen LogP contribution in [0.1, 0.15) is 0 Å². The lowest BCUT2D eigenvalue weighted by Crippen LogP contribution is -2.13. The van der Waals surface area contributed by atoms with Crippen LogP contribution in [-0.2, 0) is 7.05 Å². The molecule has 0 aliphatic rings. The summed E-state index contributed by atoms with van der Waals surface area (Å²) in [5, 5.41) is 17.4. The van der Waals surface area contributed by atoms with Gasteiger partial charge < -0.3 is 5.43 Å². The Morgan fingerprint density at radius 1 is 1.58 bits per heavy atom. The van der Waals surface area contributed by atoms with E-state index in [-0.39, 0.29) is 11.4 Å². The number of nitrogen functional groups attached to an aromatic ring is 1. The van der Waals surface area contributed by atoms with Gasteiger partial charge in [-0.2, -0.15) is 0 Å². The van der Waals surface area contributed by atoms with Crippen LogP contribution in [0.3, 0.4) is 0 Å². The first-order valence-corrected chi connectivity index (χ1v) is 5.89. The number of nitro benzene ring substituents is 1. The quantitative estimate of drug-likeness (QED) is 0.421. The fourth-order valence-electron chi connectivity index (χ4n) is 1.43. The number of H-pyrrole nitrogens is 1. The standard InChI is InChI=1S/C9H10N6O3S/c1-14-8(16)12-13-9(14)19-6-4-2-3-5(11-10)7(6)15(17)18/h2-4,11H,10H2,1H3,(H,12,16). The van der Waals surface area contributed by atoms with Crippen molar-refractivity contribution in [3.8, 4) is 0 Å². The van der Waals surface area contributed by atoms with Crippen LogP contribution in [0.25, 0.3) is 0 Å². The van der Waals surface area contributed by atoms with E-state index >= 15 is 0 Å². The Bertz CT molecular complexity index is 679. The Hall–Kier alpha value is -2.33. The lowest BCUT2D eigenvalue weighted by atomic mass is 10.3.